The summed E-state index contributed by atoms with van der Waals surface area (Å²) in [7, 11) is 0. The lowest BCUT2D eigenvalue weighted by molar-refractivity contribution is -0.136. The highest BCUT2D eigenvalue weighted by molar-refractivity contribution is 6.09. The quantitative estimate of drug-likeness (QED) is 0.610. The largest absolute Gasteiger partial charge is 0.354 e. The minimum absolute atomic E-state index is 0.285. The summed E-state index contributed by atoms with van der Waals surface area (Å²) in [6, 6.07) is -1.24. The Hall–Kier alpha value is -2.12. The van der Waals surface area contributed by atoms with Gasteiger partial charge < -0.3 is 16.0 Å². The van der Waals surface area contributed by atoms with Crippen LogP contribution in [0.2, 0.25) is 0 Å². The molecule has 0 aromatic carbocycles. The van der Waals surface area contributed by atoms with Crippen molar-refractivity contribution in [3.05, 3.63) is 0 Å². The molecular weight excluding hydrogens is 324 g/mol. The van der Waals surface area contributed by atoms with Gasteiger partial charge in [0.2, 0.25) is 11.8 Å². The van der Waals surface area contributed by atoms with Crippen LogP contribution in [0.5, 0.6) is 0 Å². The molecule has 1 saturated carbocycles. The molecule has 1 heterocycles. The van der Waals surface area contributed by atoms with Gasteiger partial charge in [0, 0.05) is 6.54 Å². The van der Waals surface area contributed by atoms with Gasteiger partial charge in [0.05, 0.1) is 0 Å². The first-order valence-corrected chi connectivity index (χ1v) is 9.11. The summed E-state index contributed by atoms with van der Waals surface area (Å²) in [5.74, 6) is -1.13. The molecule has 0 bridgehead atoms. The van der Waals surface area contributed by atoms with Gasteiger partial charge in [-0.05, 0) is 26.2 Å². The molecule has 1 spiro atoms. The van der Waals surface area contributed by atoms with Crippen molar-refractivity contribution in [3.8, 4) is 0 Å². The number of imide groups is 1. The van der Waals surface area contributed by atoms with Crippen LogP contribution in [0.25, 0.3) is 0 Å². The monoisotopic (exact) mass is 352 g/mol. The second-order valence-corrected chi connectivity index (χ2v) is 6.90. The third kappa shape index (κ3) is 4.49. The molecule has 1 aliphatic heterocycles. The van der Waals surface area contributed by atoms with Crippen LogP contribution in [0.4, 0.5) is 4.79 Å². The summed E-state index contributed by atoms with van der Waals surface area (Å²) in [5, 5.41) is 8.02. The van der Waals surface area contributed by atoms with E-state index in [2.05, 4.69) is 16.0 Å². The lowest BCUT2D eigenvalue weighted by Gasteiger charge is -2.24. The van der Waals surface area contributed by atoms with E-state index in [-0.39, 0.29) is 18.4 Å². The molecule has 0 unspecified atom stereocenters. The van der Waals surface area contributed by atoms with Crippen molar-refractivity contribution in [1.29, 1.82) is 0 Å². The highest BCUT2D eigenvalue weighted by atomic mass is 16.2. The lowest BCUT2D eigenvalue weighted by Crippen LogP contribution is -2.50. The van der Waals surface area contributed by atoms with Crippen molar-refractivity contribution in [3.63, 3.8) is 0 Å². The van der Waals surface area contributed by atoms with E-state index in [9.17, 15) is 19.2 Å². The molecule has 1 aliphatic carbocycles. The standard InChI is InChI=1S/C17H28N4O4/c1-3-10-18-14(23)12(2)19-13(22)11-21-15(24)17(20-16(21)25)8-6-4-5-7-9-17/h12H,3-11H2,1-2H3,(H,18,23)(H,19,22)(H,20,25)/t12-/m1/s1. The number of nitrogens with zero attached hydrogens (tertiary/aromatic N) is 1. The number of hydrogen-bond donors (Lipinski definition) is 3. The Morgan fingerprint density at radius 1 is 1.20 bits per heavy atom. The Kier molecular flexibility index (Phi) is 6.39. The molecule has 1 atom stereocenters. The van der Waals surface area contributed by atoms with Crippen molar-refractivity contribution in [2.24, 2.45) is 0 Å². The van der Waals surface area contributed by atoms with E-state index in [0.29, 0.717) is 19.4 Å². The van der Waals surface area contributed by atoms with Crippen molar-refractivity contribution in [2.45, 2.75) is 70.4 Å². The van der Waals surface area contributed by atoms with Gasteiger partial charge in [0.25, 0.3) is 5.91 Å². The normalized spacial score (nSPS) is 20.8. The van der Waals surface area contributed by atoms with E-state index < -0.39 is 23.5 Å². The Morgan fingerprint density at radius 2 is 1.84 bits per heavy atom. The van der Waals surface area contributed by atoms with Crippen molar-refractivity contribution in [1.82, 2.24) is 20.9 Å². The van der Waals surface area contributed by atoms with Gasteiger partial charge in [-0.15, -0.1) is 0 Å². The molecule has 8 nitrogen and oxygen atoms in total. The first-order chi connectivity index (χ1) is 11.9. The van der Waals surface area contributed by atoms with Crippen LogP contribution in [0, 0.1) is 0 Å². The topological polar surface area (TPSA) is 108 Å². The Balaban J connectivity index is 1.93. The number of carbonyl (C=O) groups excluding carboxylic acids is 4. The number of hydrogen-bond acceptors (Lipinski definition) is 4. The summed E-state index contributed by atoms with van der Waals surface area (Å²) in [5.41, 5.74) is -0.849. The molecule has 3 N–H and O–H groups in total. The number of carbonyl (C=O) groups is 4. The SMILES string of the molecule is CCCNC(=O)[C@@H](C)NC(=O)CN1C(=O)NC2(CCCCCC2)C1=O. The molecule has 1 saturated heterocycles. The van der Waals surface area contributed by atoms with E-state index in [1.807, 2.05) is 6.92 Å². The van der Waals surface area contributed by atoms with E-state index in [0.717, 1.165) is 37.0 Å². The molecule has 0 aromatic heterocycles. The highest BCUT2D eigenvalue weighted by Crippen LogP contribution is 2.32. The zero-order valence-electron chi connectivity index (χ0n) is 15.0. The summed E-state index contributed by atoms with van der Waals surface area (Å²) >= 11 is 0. The van der Waals surface area contributed by atoms with Crippen molar-refractivity contribution < 1.29 is 19.2 Å². The number of rotatable bonds is 6. The second-order valence-electron chi connectivity index (χ2n) is 6.90. The molecule has 8 heteroatoms. The van der Waals surface area contributed by atoms with E-state index in [1.54, 1.807) is 6.92 Å². The minimum Gasteiger partial charge on any atom is -0.354 e. The zero-order valence-corrected chi connectivity index (χ0v) is 15.0. The highest BCUT2D eigenvalue weighted by Gasteiger charge is 2.51. The van der Waals surface area contributed by atoms with Crippen LogP contribution >= 0.6 is 0 Å². The summed E-state index contributed by atoms with van der Waals surface area (Å²) in [6.45, 7) is 3.68. The third-order valence-corrected chi connectivity index (χ3v) is 4.82. The summed E-state index contributed by atoms with van der Waals surface area (Å²) in [6.07, 6.45) is 5.92. The third-order valence-electron chi connectivity index (χ3n) is 4.82. The molecule has 25 heavy (non-hydrogen) atoms. The smallest absolute Gasteiger partial charge is 0.325 e. The van der Waals surface area contributed by atoms with E-state index >= 15 is 0 Å². The molecule has 0 radical (unpaired) electrons. The van der Waals surface area contributed by atoms with Crippen LogP contribution in [-0.4, -0.2) is 53.3 Å². The van der Waals surface area contributed by atoms with Gasteiger partial charge in [-0.3, -0.25) is 19.3 Å². The van der Waals surface area contributed by atoms with Crippen molar-refractivity contribution in [2.75, 3.05) is 13.1 Å². The molecule has 2 aliphatic rings. The fourth-order valence-corrected chi connectivity index (χ4v) is 3.39. The average molecular weight is 352 g/mol. The first kappa shape index (κ1) is 19.2. The maximum absolute atomic E-state index is 12.7. The maximum atomic E-state index is 12.7. The Morgan fingerprint density at radius 3 is 2.44 bits per heavy atom. The van der Waals surface area contributed by atoms with Gasteiger partial charge >= 0.3 is 6.03 Å². The number of amides is 5. The van der Waals surface area contributed by atoms with E-state index in [4.69, 9.17) is 0 Å². The van der Waals surface area contributed by atoms with Gasteiger partial charge in [0.15, 0.2) is 0 Å². The van der Waals surface area contributed by atoms with Gasteiger partial charge in [-0.25, -0.2) is 4.79 Å². The molecule has 140 valence electrons. The van der Waals surface area contributed by atoms with Crippen molar-refractivity contribution >= 4 is 23.8 Å². The van der Waals surface area contributed by atoms with Gasteiger partial charge in [0.1, 0.15) is 18.1 Å². The maximum Gasteiger partial charge on any atom is 0.325 e. The van der Waals surface area contributed by atoms with E-state index in [1.165, 1.54) is 0 Å². The predicted octanol–water partition coefficient (Wildman–Crippen LogP) is 0.662. The van der Waals surface area contributed by atoms with Crippen LogP contribution in [-0.2, 0) is 14.4 Å². The zero-order chi connectivity index (χ0) is 18.4. The number of urea groups is 1. The minimum atomic E-state index is -0.849. The fourth-order valence-electron chi connectivity index (χ4n) is 3.39. The molecule has 2 fully saturated rings. The summed E-state index contributed by atoms with van der Waals surface area (Å²) < 4.78 is 0. The van der Waals surface area contributed by atoms with Gasteiger partial charge in [-0.2, -0.15) is 0 Å². The van der Waals surface area contributed by atoms with Crippen LogP contribution in [0.1, 0.15) is 58.8 Å². The lowest BCUT2D eigenvalue weighted by atomic mass is 9.90. The summed E-state index contributed by atoms with van der Waals surface area (Å²) in [4.78, 5) is 49.8. The van der Waals surface area contributed by atoms with Crippen LogP contribution < -0.4 is 16.0 Å². The Labute approximate surface area is 148 Å². The first-order valence-electron chi connectivity index (χ1n) is 9.11. The predicted molar refractivity (Wildman–Crippen MR) is 91.6 cm³/mol. The second kappa shape index (κ2) is 8.31. The molecule has 0 aromatic rings. The molecule has 2 rings (SSSR count). The van der Waals surface area contributed by atoms with Crippen LogP contribution in [0.15, 0.2) is 0 Å². The number of nitrogens with one attached hydrogen (secondary N) is 3. The van der Waals surface area contributed by atoms with Gasteiger partial charge in [-0.1, -0.05) is 32.6 Å². The molecule has 5 amide bonds. The molecular formula is C17H28N4O4. The average Bonchev–Trinajstić information content (AvgIpc) is 2.75. The Bertz CT molecular complexity index is 541. The fraction of sp³-hybridized carbons (Fsp3) is 0.765. The van der Waals surface area contributed by atoms with Crippen LogP contribution in [0.3, 0.4) is 0 Å².